The minimum absolute atomic E-state index is 0.0438. The van der Waals surface area contributed by atoms with Gasteiger partial charge in [0.2, 0.25) is 5.91 Å². The molecule has 2 heterocycles. The van der Waals surface area contributed by atoms with Crippen LogP contribution in [0.25, 0.3) is 0 Å². The number of ether oxygens (including phenoxy) is 2. The van der Waals surface area contributed by atoms with Crippen molar-refractivity contribution in [1.29, 1.82) is 0 Å². The number of thiazole rings is 1. The van der Waals surface area contributed by atoms with Crippen LogP contribution in [-0.2, 0) is 20.7 Å². The standard InChI is InChI=1S/C25H24N4O6S/c1-14-11-16(9-10-19(14)34-2)20-22(31)29(25(33)27-20)18(12-15-7-5-4-6-8-15)21(30)28-24-26-17(13-36-24)23(32)35-3/h4-11,13,18,20H,12H2,1-3H3,(H,27,33)(H,26,28,30). The third-order valence-corrected chi connectivity index (χ3v) is 6.50. The van der Waals surface area contributed by atoms with Crippen LogP contribution in [0.3, 0.4) is 0 Å². The molecular weight excluding hydrogens is 484 g/mol. The van der Waals surface area contributed by atoms with Crippen molar-refractivity contribution in [2.45, 2.75) is 25.4 Å². The molecule has 2 unspecified atom stereocenters. The number of methoxy groups -OCH3 is 2. The lowest BCUT2D eigenvalue weighted by atomic mass is 10.0. The van der Waals surface area contributed by atoms with E-state index in [0.29, 0.717) is 11.3 Å². The molecule has 2 aromatic carbocycles. The maximum Gasteiger partial charge on any atom is 0.357 e. The Labute approximate surface area is 211 Å². The summed E-state index contributed by atoms with van der Waals surface area (Å²) < 4.78 is 9.92. The van der Waals surface area contributed by atoms with E-state index in [9.17, 15) is 19.2 Å². The maximum atomic E-state index is 13.5. The average molecular weight is 509 g/mol. The molecule has 11 heteroatoms. The Morgan fingerprint density at radius 3 is 2.58 bits per heavy atom. The molecule has 0 aliphatic carbocycles. The molecule has 10 nitrogen and oxygen atoms in total. The second kappa shape index (κ2) is 10.6. The van der Waals surface area contributed by atoms with E-state index in [1.807, 2.05) is 37.3 Å². The van der Waals surface area contributed by atoms with Gasteiger partial charge in [-0.2, -0.15) is 0 Å². The van der Waals surface area contributed by atoms with Crippen LogP contribution in [0, 0.1) is 6.92 Å². The van der Waals surface area contributed by atoms with Crippen LogP contribution in [0.15, 0.2) is 53.9 Å². The van der Waals surface area contributed by atoms with Crippen LogP contribution >= 0.6 is 11.3 Å². The largest absolute Gasteiger partial charge is 0.496 e. The number of hydrogen-bond acceptors (Lipinski definition) is 8. The van der Waals surface area contributed by atoms with Gasteiger partial charge in [-0.3, -0.25) is 9.59 Å². The van der Waals surface area contributed by atoms with Crippen LogP contribution in [0.1, 0.15) is 33.2 Å². The number of carbonyl (C=O) groups is 4. The van der Waals surface area contributed by atoms with Gasteiger partial charge in [-0.15, -0.1) is 11.3 Å². The highest BCUT2D eigenvalue weighted by molar-refractivity contribution is 7.14. The van der Waals surface area contributed by atoms with Crippen molar-refractivity contribution in [2.75, 3.05) is 19.5 Å². The number of anilines is 1. The molecule has 0 radical (unpaired) electrons. The van der Waals surface area contributed by atoms with E-state index < -0.39 is 35.9 Å². The highest BCUT2D eigenvalue weighted by Crippen LogP contribution is 2.29. The first-order valence-electron chi connectivity index (χ1n) is 11.0. The number of nitrogens with zero attached hydrogens (tertiary/aromatic N) is 2. The van der Waals surface area contributed by atoms with Gasteiger partial charge in [0.1, 0.15) is 17.8 Å². The highest BCUT2D eigenvalue weighted by Gasteiger charge is 2.45. The number of benzene rings is 2. The Morgan fingerprint density at radius 2 is 1.92 bits per heavy atom. The van der Waals surface area contributed by atoms with Crippen molar-refractivity contribution in [3.8, 4) is 5.75 Å². The summed E-state index contributed by atoms with van der Waals surface area (Å²) >= 11 is 1.03. The molecule has 0 saturated carbocycles. The molecule has 1 fully saturated rings. The second-order valence-electron chi connectivity index (χ2n) is 8.04. The fourth-order valence-corrected chi connectivity index (χ4v) is 4.64. The number of aromatic nitrogens is 1. The minimum atomic E-state index is -1.16. The summed E-state index contributed by atoms with van der Waals surface area (Å²) in [5.41, 5.74) is 2.19. The Balaban J connectivity index is 1.62. The fraction of sp³-hybridized carbons (Fsp3) is 0.240. The van der Waals surface area contributed by atoms with E-state index in [1.54, 1.807) is 25.3 Å². The molecule has 36 heavy (non-hydrogen) atoms. The molecule has 4 rings (SSSR count). The third-order valence-electron chi connectivity index (χ3n) is 5.74. The van der Waals surface area contributed by atoms with Gasteiger partial charge in [0, 0.05) is 11.8 Å². The predicted molar refractivity (Wildman–Crippen MR) is 132 cm³/mol. The Bertz CT molecular complexity index is 1310. The number of carbonyl (C=O) groups excluding carboxylic acids is 4. The summed E-state index contributed by atoms with van der Waals surface area (Å²) in [6, 6.07) is 11.5. The van der Waals surface area contributed by atoms with E-state index in [1.165, 1.54) is 12.5 Å². The molecule has 1 aromatic heterocycles. The molecular formula is C25H24N4O6S. The van der Waals surface area contributed by atoms with E-state index in [4.69, 9.17) is 4.74 Å². The van der Waals surface area contributed by atoms with Crippen molar-refractivity contribution in [3.05, 3.63) is 76.3 Å². The molecule has 2 atom stereocenters. The number of nitrogens with one attached hydrogen (secondary N) is 2. The van der Waals surface area contributed by atoms with Gasteiger partial charge in [0.15, 0.2) is 10.8 Å². The van der Waals surface area contributed by atoms with Crippen molar-refractivity contribution in [3.63, 3.8) is 0 Å². The summed E-state index contributed by atoms with van der Waals surface area (Å²) in [6.07, 6.45) is 0.0927. The Kier molecular flexibility index (Phi) is 7.30. The zero-order valence-electron chi connectivity index (χ0n) is 19.8. The molecule has 3 aromatic rings. The Morgan fingerprint density at radius 1 is 1.17 bits per heavy atom. The van der Waals surface area contributed by atoms with Crippen LogP contribution in [-0.4, -0.2) is 54.0 Å². The van der Waals surface area contributed by atoms with E-state index >= 15 is 0 Å². The zero-order valence-corrected chi connectivity index (χ0v) is 20.6. The molecule has 0 spiro atoms. The summed E-state index contributed by atoms with van der Waals surface area (Å²) in [5.74, 6) is -1.14. The third kappa shape index (κ3) is 5.05. The predicted octanol–water partition coefficient (Wildman–Crippen LogP) is 3.09. The van der Waals surface area contributed by atoms with Gasteiger partial charge in [-0.1, -0.05) is 36.4 Å². The summed E-state index contributed by atoms with van der Waals surface area (Å²) in [7, 11) is 2.78. The first-order valence-corrected chi connectivity index (χ1v) is 11.9. The summed E-state index contributed by atoms with van der Waals surface area (Å²) in [4.78, 5) is 56.6. The van der Waals surface area contributed by atoms with E-state index in [2.05, 4.69) is 20.4 Å². The number of rotatable bonds is 8. The molecule has 1 saturated heterocycles. The fourth-order valence-electron chi connectivity index (χ4n) is 3.95. The van der Waals surface area contributed by atoms with E-state index in [0.717, 1.165) is 27.4 Å². The molecule has 1 aliphatic heterocycles. The van der Waals surface area contributed by atoms with Crippen LogP contribution < -0.4 is 15.4 Å². The average Bonchev–Trinajstić information content (AvgIpc) is 3.46. The smallest absolute Gasteiger partial charge is 0.357 e. The van der Waals surface area contributed by atoms with Crippen molar-refractivity contribution < 1.29 is 28.7 Å². The molecule has 0 bridgehead atoms. The van der Waals surface area contributed by atoms with Crippen LogP contribution in [0.5, 0.6) is 5.75 Å². The SMILES string of the molecule is COC(=O)c1csc(NC(=O)C(Cc2ccccc2)N2C(=O)NC(c3ccc(OC)c(C)c3)C2=O)n1. The van der Waals surface area contributed by atoms with Crippen LogP contribution in [0.2, 0.25) is 0 Å². The topological polar surface area (TPSA) is 127 Å². The summed E-state index contributed by atoms with van der Waals surface area (Å²) in [5, 5.41) is 6.91. The second-order valence-corrected chi connectivity index (χ2v) is 8.90. The number of urea groups is 1. The zero-order chi connectivity index (χ0) is 25.8. The van der Waals surface area contributed by atoms with Gasteiger partial charge in [-0.05, 0) is 35.7 Å². The van der Waals surface area contributed by atoms with Crippen molar-refractivity contribution in [2.24, 2.45) is 0 Å². The minimum Gasteiger partial charge on any atom is -0.496 e. The lowest BCUT2D eigenvalue weighted by Gasteiger charge is -2.24. The Hall–Kier alpha value is -4.25. The van der Waals surface area contributed by atoms with Crippen molar-refractivity contribution >= 4 is 40.3 Å². The van der Waals surface area contributed by atoms with Gasteiger partial charge in [0.25, 0.3) is 5.91 Å². The monoisotopic (exact) mass is 508 g/mol. The van der Waals surface area contributed by atoms with Gasteiger partial charge in [-0.25, -0.2) is 19.5 Å². The highest BCUT2D eigenvalue weighted by atomic mass is 32.1. The molecule has 186 valence electrons. The number of imide groups is 1. The lowest BCUT2D eigenvalue weighted by Crippen LogP contribution is -2.49. The number of esters is 1. The first kappa shape index (κ1) is 24.9. The van der Waals surface area contributed by atoms with Gasteiger partial charge in [0.05, 0.1) is 14.2 Å². The quantitative estimate of drug-likeness (QED) is 0.354. The molecule has 2 N–H and O–H groups in total. The maximum absolute atomic E-state index is 13.5. The molecule has 1 aliphatic rings. The summed E-state index contributed by atoms with van der Waals surface area (Å²) in [6.45, 7) is 1.84. The normalized spacial score (nSPS) is 15.9. The number of amides is 4. The number of hydrogen-bond donors (Lipinski definition) is 2. The van der Waals surface area contributed by atoms with Gasteiger partial charge >= 0.3 is 12.0 Å². The van der Waals surface area contributed by atoms with Crippen LogP contribution in [0.4, 0.5) is 9.93 Å². The first-order chi connectivity index (χ1) is 17.3. The van der Waals surface area contributed by atoms with E-state index in [-0.39, 0.29) is 17.2 Å². The molecule has 4 amide bonds. The van der Waals surface area contributed by atoms with Gasteiger partial charge < -0.3 is 20.1 Å². The number of aryl methyl sites for hydroxylation is 1. The van der Waals surface area contributed by atoms with Crippen molar-refractivity contribution in [1.82, 2.24) is 15.2 Å². The lowest BCUT2D eigenvalue weighted by molar-refractivity contribution is -0.134.